The smallest absolute Gasteiger partial charge is 0.240 e. The molecule has 0 amide bonds. The lowest BCUT2D eigenvalue weighted by molar-refractivity contribution is 0.240. The predicted molar refractivity (Wildman–Crippen MR) is 71.8 cm³/mol. The first-order valence-corrected chi connectivity index (χ1v) is 7.50. The van der Waals surface area contributed by atoms with E-state index in [9.17, 15) is 13.5 Å². The number of nitriles is 1. The standard InChI is InChI=1S/C13H18N2O3S/c1-10(2)7-12(9-16)15-19(17,18)13-5-3-11(8-14)4-6-13/h3-6,10,12,15-16H,7,9H2,1-2H3. The van der Waals surface area contributed by atoms with Crippen LogP contribution in [0.2, 0.25) is 0 Å². The van der Waals surface area contributed by atoms with E-state index in [1.807, 2.05) is 19.9 Å². The molecule has 0 radical (unpaired) electrons. The topological polar surface area (TPSA) is 90.2 Å². The van der Waals surface area contributed by atoms with Gasteiger partial charge in [-0.1, -0.05) is 13.8 Å². The number of hydrogen-bond acceptors (Lipinski definition) is 4. The van der Waals surface area contributed by atoms with Crippen molar-refractivity contribution >= 4 is 10.0 Å². The van der Waals surface area contributed by atoms with Gasteiger partial charge in [0.2, 0.25) is 10.0 Å². The first-order valence-electron chi connectivity index (χ1n) is 6.02. The molecular formula is C13H18N2O3S. The molecule has 0 aliphatic rings. The molecule has 1 unspecified atom stereocenters. The number of aliphatic hydroxyl groups excluding tert-OH is 1. The number of hydrogen-bond donors (Lipinski definition) is 2. The van der Waals surface area contributed by atoms with Crippen molar-refractivity contribution in [1.29, 1.82) is 5.26 Å². The largest absolute Gasteiger partial charge is 0.395 e. The molecule has 0 bridgehead atoms. The Morgan fingerprint density at radius 3 is 2.32 bits per heavy atom. The number of rotatable bonds is 6. The Bertz CT molecular complexity index is 544. The number of sulfonamides is 1. The fourth-order valence-electron chi connectivity index (χ4n) is 1.73. The van der Waals surface area contributed by atoms with Crippen LogP contribution in [0.25, 0.3) is 0 Å². The Balaban J connectivity index is 2.87. The molecule has 0 saturated heterocycles. The summed E-state index contributed by atoms with van der Waals surface area (Å²) in [5, 5.41) is 17.9. The van der Waals surface area contributed by atoms with Crippen molar-refractivity contribution in [1.82, 2.24) is 4.72 Å². The normalized spacial score (nSPS) is 13.2. The van der Waals surface area contributed by atoms with Crippen molar-refractivity contribution in [2.45, 2.75) is 31.2 Å². The Hall–Kier alpha value is -1.42. The Kier molecular flexibility index (Phi) is 5.48. The summed E-state index contributed by atoms with van der Waals surface area (Å²) >= 11 is 0. The van der Waals surface area contributed by atoms with Crippen LogP contribution in [-0.4, -0.2) is 26.2 Å². The average molecular weight is 282 g/mol. The van der Waals surface area contributed by atoms with Gasteiger partial charge in [-0.25, -0.2) is 13.1 Å². The molecule has 0 fully saturated rings. The summed E-state index contributed by atoms with van der Waals surface area (Å²) in [7, 11) is -3.66. The molecule has 5 nitrogen and oxygen atoms in total. The first kappa shape index (κ1) is 15.6. The summed E-state index contributed by atoms with van der Waals surface area (Å²) in [4.78, 5) is 0.0914. The second-order valence-corrected chi connectivity index (χ2v) is 6.48. The summed E-state index contributed by atoms with van der Waals surface area (Å²) in [5.74, 6) is 0.279. The monoisotopic (exact) mass is 282 g/mol. The second kappa shape index (κ2) is 6.66. The molecule has 2 N–H and O–H groups in total. The van der Waals surface area contributed by atoms with Crippen molar-refractivity contribution in [3.8, 4) is 6.07 Å². The highest BCUT2D eigenvalue weighted by Gasteiger charge is 2.20. The molecule has 0 spiro atoms. The Morgan fingerprint density at radius 2 is 1.89 bits per heavy atom. The molecule has 1 aromatic rings. The molecule has 0 saturated carbocycles. The van der Waals surface area contributed by atoms with E-state index in [0.717, 1.165) is 0 Å². The highest BCUT2D eigenvalue weighted by molar-refractivity contribution is 7.89. The minimum atomic E-state index is -3.66. The van der Waals surface area contributed by atoms with E-state index in [4.69, 9.17) is 5.26 Å². The van der Waals surface area contributed by atoms with Crippen molar-refractivity contribution in [3.63, 3.8) is 0 Å². The van der Waals surface area contributed by atoms with Crippen LogP contribution in [0.1, 0.15) is 25.8 Å². The minimum Gasteiger partial charge on any atom is -0.395 e. The lowest BCUT2D eigenvalue weighted by Crippen LogP contribution is -2.38. The van der Waals surface area contributed by atoms with Crippen LogP contribution in [0.15, 0.2) is 29.2 Å². The molecule has 1 aromatic carbocycles. The van der Waals surface area contributed by atoms with Crippen LogP contribution in [0, 0.1) is 17.2 Å². The second-order valence-electron chi connectivity index (χ2n) is 4.77. The van der Waals surface area contributed by atoms with Gasteiger partial charge in [0.1, 0.15) is 0 Å². The molecular weight excluding hydrogens is 264 g/mol. The molecule has 1 atom stereocenters. The SMILES string of the molecule is CC(C)CC(CO)NS(=O)(=O)c1ccc(C#N)cc1. The Labute approximate surface area is 113 Å². The molecule has 104 valence electrons. The van der Waals surface area contributed by atoms with Gasteiger partial charge in [0, 0.05) is 6.04 Å². The van der Waals surface area contributed by atoms with Crippen molar-refractivity contribution < 1.29 is 13.5 Å². The van der Waals surface area contributed by atoms with Crippen molar-refractivity contribution in [3.05, 3.63) is 29.8 Å². The van der Waals surface area contributed by atoms with Gasteiger partial charge < -0.3 is 5.11 Å². The minimum absolute atomic E-state index is 0.0914. The fourth-order valence-corrected chi connectivity index (χ4v) is 2.97. The van der Waals surface area contributed by atoms with Crippen LogP contribution in [0.4, 0.5) is 0 Å². The number of benzene rings is 1. The van der Waals surface area contributed by atoms with Gasteiger partial charge in [-0.3, -0.25) is 0 Å². The number of aliphatic hydroxyl groups is 1. The summed E-state index contributed by atoms with van der Waals surface area (Å²) in [5.41, 5.74) is 0.403. The zero-order chi connectivity index (χ0) is 14.5. The molecule has 0 heterocycles. The van der Waals surface area contributed by atoms with Crippen molar-refractivity contribution in [2.24, 2.45) is 5.92 Å². The van der Waals surface area contributed by atoms with Gasteiger partial charge in [-0.15, -0.1) is 0 Å². The van der Waals surface area contributed by atoms with Crippen LogP contribution in [-0.2, 0) is 10.0 Å². The zero-order valence-corrected chi connectivity index (χ0v) is 11.8. The zero-order valence-electron chi connectivity index (χ0n) is 11.0. The molecule has 0 aliphatic carbocycles. The Morgan fingerprint density at radius 1 is 1.32 bits per heavy atom. The van der Waals surface area contributed by atoms with E-state index in [1.165, 1.54) is 24.3 Å². The van der Waals surface area contributed by atoms with Crippen LogP contribution >= 0.6 is 0 Å². The number of nitrogens with zero attached hydrogens (tertiary/aromatic N) is 1. The van der Waals surface area contributed by atoms with E-state index in [2.05, 4.69) is 4.72 Å². The highest BCUT2D eigenvalue weighted by atomic mass is 32.2. The van der Waals surface area contributed by atoms with Gasteiger partial charge in [0.25, 0.3) is 0 Å². The van der Waals surface area contributed by atoms with Gasteiger partial charge in [-0.2, -0.15) is 5.26 Å². The van der Waals surface area contributed by atoms with Crippen LogP contribution in [0.5, 0.6) is 0 Å². The summed E-state index contributed by atoms with van der Waals surface area (Å²) in [6.45, 7) is 3.67. The quantitative estimate of drug-likeness (QED) is 0.821. The molecule has 19 heavy (non-hydrogen) atoms. The van der Waals surface area contributed by atoms with E-state index < -0.39 is 16.1 Å². The molecule has 6 heteroatoms. The fraction of sp³-hybridized carbons (Fsp3) is 0.462. The van der Waals surface area contributed by atoms with E-state index in [0.29, 0.717) is 12.0 Å². The van der Waals surface area contributed by atoms with Crippen molar-refractivity contribution in [2.75, 3.05) is 6.61 Å². The third-order valence-corrected chi connectivity index (χ3v) is 4.13. The van der Waals surface area contributed by atoms with E-state index in [-0.39, 0.29) is 17.4 Å². The van der Waals surface area contributed by atoms with Gasteiger partial charge in [0.05, 0.1) is 23.1 Å². The van der Waals surface area contributed by atoms with Gasteiger partial charge in [0.15, 0.2) is 0 Å². The lowest BCUT2D eigenvalue weighted by atomic mass is 10.1. The maximum atomic E-state index is 12.1. The maximum Gasteiger partial charge on any atom is 0.240 e. The van der Waals surface area contributed by atoms with Crippen LogP contribution in [0.3, 0.4) is 0 Å². The lowest BCUT2D eigenvalue weighted by Gasteiger charge is -2.18. The molecule has 0 aliphatic heterocycles. The summed E-state index contributed by atoms with van der Waals surface area (Å²) < 4.78 is 26.6. The summed E-state index contributed by atoms with van der Waals surface area (Å²) in [6, 6.07) is 7.09. The number of nitrogens with one attached hydrogen (secondary N) is 1. The van der Waals surface area contributed by atoms with Gasteiger partial charge >= 0.3 is 0 Å². The molecule has 1 rings (SSSR count). The van der Waals surface area contributed by atoms with Crippen LogP contribution < -0.4 is 4.72 Å². The molecule has 0 aromatic heterocycles. The third kappa shape index (κ3) is 4.63. The predicted octanol–water partition coefficient (Wildman–Crippen LogP) is 1.24. The van der Waals surface area contributed by atoms with Gasteiger partial charge in [-0.05, 0) is 36.6 Å². The maximum absolute atomic E-state index is 12.1. The van der Waals surface area contributed by atoms with E-state index >= 15 is 0 Å². The third-order valence-electron chi connectivity index (χ3n) is 2.59. The highest BCUT2D eigenvalue weighted by Crippen LogP contribution is 2.12. The average Bonchev–Trinajstić information content (AvgIpc) is 2.37. The first-order chi connectivity index (χ1) is 8.89. The van der Waals surface area contributed by atoms with E-state index in [1.54, 1.807) is 0 Å². The summed E-state index contributed by atoms with van der Waals surface area (Å²) in [6.07, 6.45) is 0.562.